The van der Waals surface area contributed by atoms with Crippen LogP contribution in [0, 0.1) is 5.92 Å². The molecule has 0 bridgehead atoms. The lowest BCUT2D eigenvalue weighted by atomic mass is 10.1. The van der Waals surface area contributed by atoms with Gasteiger partial charge >= 0.3 is 5.97 Å². The zero-order chi connectivity index (χ0) is 16.6. The van der Waals surface area contributed by atoms with Gasteiger partial charge in [-0.25, -0.2) is 4.79 Å². The third-order valence-corrected chi connectivity index (χ3v) is 3.57. The summed E-state index contributed by atoms with van der Waals surface area (Å²) in [5.41, 5.74) is 0.436. The zero-order valence-corrected chi connectivity index (χ0v) is 12.5. The normalized spacial score (nSPS) is 15.0. The number of hydrogen-bond donors (Lipinski definition) is 0. The van der Waals surface area contributed by atoms with Crippen molar-refractivity contribution in [3.8, 4) is 0 Å². The van der Waals surface area contributed by atoms with Gasteiger partial charge in [-0.2, -0.15) is 0 Å². The molecule has 0 aliphatic carbocycles. The van der Waals surface area contributed by atoms with Gasteiger partial charge in [0, 0.05) is 0 Å². The number of carbonyl (C=O) groups excluding carboxylic acids is 3. The van der Waals surface area contributed by atoms with Crippen molar-refractivity contribution in [2.45, 2.75) is 19.9 Å². The van der Waals surface area contributed by atoms with E-state index in [4.69, 9.17) is 4.84 Å². The maximum absolute atomic E-state index is 12.4. The summed E-state index contributed by atoms with van der Waals surface area (Å²) in [5, 5.41) is 7.83. The molecule has 118 valence electrons. The van der Waals surface area contributed by atoms with Crippen LogP contribution in [0.1, 0.15) is 40.6 Å². The molecule has 3 rings (SSSR count). The summed E-state index contributed by atoms with van der Waals surface area (Å²) >= 11 is 0. The van der Waals surface area contributed by atoms with Gasteiger partial charge in [0.2, 0.25) is 0 Å². The third kappa shape index (κ3) is 2.48. The lowest BCUT2D eigenvalue weighted by Gasteiger charge is -2.22. The summed E-state index contributed by atoms with van der Waals surface area (Å²) in [6.45, 7) is 3.63. The number of imide groups is 1. The van der Waals surface area contributed by atoms with Crippen molar-refractivity contribution in [1.29, 1.82) is 0 Å². The number of fused-ring (bicyclic) bond motifs is 1. The fourth-order valence-electron chi connectivity index (χ4n) is 2.48. The van der Waals surface area contributed by atoms with Crippen LogP contribution in [0.15, 0.2) is 36.9 Å². The molecule has 0 fully saturated rings. The summed E-state index contributed by atoms with van der Waals surface area (Å²) < 4.78 is 1.48. The highest BCUT2D eigenvalue weighted by Gasteiger charge is 2.40. The number of nitrogens with zero attached hydrogens (tertiary/aromatic N) is 4. The molecule has 0 N–H and O–H groups in total. The highest BCUT2D eigenvalue weighted by Crippen LogP contribution is 2.25. The third-order valence-electron chi connectivity index (χ3n) is 3.57. The Bertz CT molecular complexity index is 735. The predicted octanol–water partition coefficient (Wildman–Crippen LogP) is 1.23. The largest absolute Gasteiger partial charge is 0.356 e. The molecular formula is C15H14N4O4. The first-order chi connectivity index (χ1) is 11.0. The minimum atomic E-state index is -0.741. The van der Waals surface area contributed by atoms with Gasteiger partial charge in [-0.3, -0.25) is 9.59 Å². The number of hydrogen-bond acceptors (Lipinski definition) is 6. The fraction of sp³-hybridized carbons (Fsp3) is 0.267. The van der Waals surface area contributed by atoms with E-state index in [-0.39, 0.29) is 17.0 Å². The number of hydroxylamine groups is 2. The van der Waals surface area contributed by atoms with E-state index < -0.39 is 23.8 Å². The highest BCUT2D eigenvalue weighted by atomic mass is 16.7. The lowest BCUT2D eigenvalue weighted by Crippen LogP contribution is -2.37. The van der Waals surface area contributed by atoms with E-state index in [9.17, 15) is 14.4 Å². The maximum Gasteiger partial charge on any atom is 0.356 e. The van der Waals surface area contributed by atoms with Crippen molar-refractivity contribution in [2.24, 2.45) is 5.92 Å². The van der Waals surface area contributed by atoms with Crippen molar-refractivity contribution in [3.63, 3.8) is 0 Å². The Morgan fingerprint density at radius 2 is 1.57 bits per heavy atom. The van der Waals surface area contributed by atoms with Gasteiger partial charge in [-0.15, -0.1) is 10.2 Å². The molecule has 1 aliphatic heterocycles. The average molecular weight is 314 g/mol. The number of amides is 2. The Morgan fingerprint density at radius 1 is 1.04 bits per heavy atom. The predicted molar refractivity (Wildman–Crippen MR) is 76.9 cm³/mol. The van der Waals surface area contributed by atoms with Crippen LogP contribution < -0.4 is 0 Å². The second kappa shape index (κ2) is 5.64. The SMILES string of the molecule is CC(C)C(C(=O)ON1C(=O)c2ccccc2C1=O)n1cnnc1. The van der Waals surface area contributed by atoms with Crippen molar-refractivity contribution >= 4 is 17.8 Å². The average Bonchev–Trinajstić information content (AvgIpc) is 3.11. The molecule has 2 aromatic rings. The van der Waals surface area contributed by atoms with Crippen molar-refractivity contribution in [3.05, 3.63) is 48.0 Å². The summed E-state index contributed by atoms with van der Waals surface area (Å²) in [4.78, 5) is 42.0. The van der Waals surface area contributed by atoms with Crippen molar-refractivity contribution in [1.82, 2.24) is 19.8 Å². The van der Waals surface area contributed by atoms with E-state index in [2.05, 4.69) is 10.2 Å². The standard InChI is InChI=1S/C15H14N4O4/c1-9(2)12(18-7-16-17-8-18)15(22)23-19-13(20)10-5-3-4-6-11(10)14(19)21/h3-9,12H,1-2H3. The molecule has 1 atom stereocenters. The van der Waals surface area contributed by atoms with Crippen LogP contribution in [-0.2, 0) is 9.63 Å². The summed E-state index contributed by atoms with van der Waals surface area (Å²) in [6.07, 6.45) is 2.77. The maximum atomic E-state index is 12.4. The molecule has 1 aromatic carbocycles. The Labute approximate surface area is 131 Å². The molecule has 8 heteroatoms. The molecule has 1 aromatic heterocycles. The second-order valence-electron chi connectivity index (χ2n) is 5.46. The first-order valence-electron chi connectivity index (χ1n) is 7.04. The molecule has 0 saturated carbocycles. The van der Waals surface area contributed by atoms with E-state index in [1.807, 2.05) is 13.8 Å². The van der Waals surface area contributed by atoms with Crippen molar-refractivity contribution in [2.75, 3.05) is 0 Å². The molecule has 1 unspecified atom stereocenters. The molecule has 8 nitrogen and oxygen atoms in total. The van der Waals surface area contributed by atoms with E-state index >= 15 is 0 Å². The number of rotatable bonds is 4. The molecule has 2 amide bonds. The van der Waals surface area contributed by atoms with Crippen LogP contribution in [0.4, 0.5) is 0 Å². The quantitative estimate of drug-likeness (QED) is 0.788. The Balaban J connectivity index is 1.84. The summed E-state index contributed by atoms with van der Waals surface area (Å²) in [5.74, 6) is -2.17. The van der Waals surface area contributed by atoms with E-state index in [0.717, 1.165) is 0 Å². The molecule has 23 heavy (non-hydrogen) atoms. The minimum Gasteiger partial charge on any atom is -0.327 e. The van der Waals surface area contributed by atoms with Crippen LogP contribution in [-0.4, -0.2) is 37.6 Å². The van der Waals surface area contributed by atoms with Crippen LogP contribution in [0.5, 0.6) is 0 Å². The van der Waals surface area contributed by atoms with Gasteiger partial charge < -0.3 is 9.40 Å². The highest BCUT2D eigenvalue weighted by molar-refractivity contribution is 6.20. The molecule has 0 saturated heterocycles. The minimum absolute atomic E-state index is 0.145. The van der Waals surface area contributed by atoms with Gasteiger partial charge in [0.25, 0.3) is 11.8 Å². The van der Waals surface area contributed by atoms with Gasteiger partial charge in [0.05, 0.1) is 11.1 Å². The topological polar surface area (TPSA) is 94.4 Å². The molecule has 2 heterocycles. The molecule has 0 spiro atoms. The molecular weight excluding hydrogens is 300 g/mol. The van der Waals surface area contributed by atoms with E-state index in [1.165, 1.54) is 29.4 Å². The van der Waals surface area contributed by atoms with Crippen molar-refractivity contribution < 1.29 is 19.2 Å². The van der Waals surface area contributed by atoms with E-state index in [1.54, 1.807) is 12.1 Å². The second-order valence-corrected chi connectivity index (χ2v) is 5.46. The molecule has 0 radical (unpaired) electrons. The Kier molecular flexibility index (Phi) is 3.65. The number of aromatic nitrogens is 3. The summed E-state index contributed by atoms with van der Waals surface area (Å²) in [6, 6.07) is 5.58. The molecule has 1 aliphatic rings. The van der Waals surface area contributed by atoms with Gasteiger partial charge in [0.15, 0.2) is 0 Å². The number of benzene rings is 1. The van der Waals surface area contributed by atoms with E-state index in [0.29, 0.717) is 5.06 Å². The summed E-state index contributed by atoms with van der Waals surface area (Å²) in [7, 11) is 0. The lowest BCUT2D eigenvalue weighted by molar-refractivity contribution is -0.174. The van der Waals surface area contributed by atoms with Crippen LogP contribution in [0.2, 0.25) is 0 Å². The van der Waals surface area contributed by atoms with Crippen LogP contribution in [0.25, 0.3) is 0 Å². The van der Waals surface area contributed by atoms with Crippen LogP contribution >= 0.6 is 0 Å². The Morgan fingerprint density at radius 3 is 2.04 bits per heavy atom. The monoisotopic (exact) mass is 314 g/mol. The van der Waals surface area contributed by atoms with Gasteiger partial charge in [0.1, 0.15) is 18.7 Å². The van der Waals surface area contributed by atoms with Gasteiger partial charge in [-0.05, 0) is 18.1 Å². The smallest absolute Gasteiger partial charge is 0.327 e. The zero-order valence-electron chi connectivity index (χ0n) is 12.5. The first-order valence-corrected chi connectivity index (χ1v) is 7.04. The fourth-order valence-corrected chi connectivity index (χ4v) is 2.48. The number of carbonyl (C=O) groups is 3. The van der Waals surface area contributed by atoms with Gasteiger partial charge in [-0.1, -0.05) is 31.0 Å². The van der Waals surface area contributed by atoms with Crippen LogP contribution in [0.3, 0.4) is 0 Å². The first kappa shape index (κ1) is 14.9. The Hall–Kier alpha value is -3.03.